The summed E-state index contributed by atoms with van der Waals surface area (Å²) in [7, 11) is 0. The molecule has 6 nitrogen and oxygen atoms in total. The Hall–Kier alpha value is -3.80. The largest absolute Gasteiger partial charge is 0.493 e. The van der Waals surface area contributed by atoms with E-state index in [2.05, 4.69) is 24.1 Å². The van der Waals surface area contributed by atoms with Crippen LogP contribution in [0.5, 0.6) is 11.5 Å². The van der Waals surface area contributed by atoms with Gasteiger partial charge in [0.15, 0.2) is 0 Å². The first kappa shape index (κ1) is 21.9. The highest BCUT2D eigenvalue weighted by Crippen LogP contribution is 2.22. The van der Waals surface area contributed by atoms with Gasteiger partial charge in [-0.05, 0) is 78.7 Å². The van der Waals surface area contributed by atoms with Gasteiger partial charge in [0.1, 0.15) is 17.8 Å². The van der Waals surface area contributed by atoms with Crippen molar-refractivity contribution in [2.24, 2.45) is 16.1 Å². The van der Waals surface area contributed by atoms with Gasteiger partial charge in [0, 0.05) is 5.56 Å². The molecule has 0 heterocycles. The molecule has 0 aliphatic heterocycles. The van der Waals surface area contributed by atoms with E-state index in [1.54, 1.807) is 72.8 Å². The Bertz CT molecular complexity index is 1030. The van der Waals surface area contributed by atoms with Crippen molar-refractivity contribution in [2.75, 3.05) is 6.61 Å². The summed E-state index contributed by atoms with van der Waals surface area (Å²) in [6.07, 6.45) is 1.83. The van der Waals surface area contributed by atoms with E-state index in [4.69, 9.17) is 9.47 Å². The number of benzene rings is 3. The van der Waals surface area contributed by atoms with Crippen molar-refractivity contribution in [1.82, 2.24) is 0 Å². The highest BCUT2D eigenvalue weighted by atomic mass is 16.5. The molecule has 158 valence electrons. The Balaban J connectivity index is 1.55. The highest BCUT2D eigenvalue weighted by molar-refractivity contribution is 5.91. The first-order valence-electron chi connectivity index (χ1n) is 10.1. The number of rotatable bonds is 9. The smallest absolute Gasteiger partial charge is 0.343 e. The molecule has 0 unspecified atom stereocenters. The third-order valence-corrected chi connectivity index (χ3v) is 4.68. The second-order valence-electron chi connectivity index (χ2n) is 7.14. The third kappa shape index (κ3) is 6.60. The van der Waals surface area contributed by atoms with E-state index in [0.29, 0.717) is 40.8 Å². The van der Waals surface area contributed by atoms with Crippen molar-refractivity contribution in [1.29, 1.82) is 0 Å². The topological polar surface area (TPSA) is 77.3 Å². The standard InChI is InChI=1S/C25H24N2O4/c1-3-18(2)17-30-23-12-6-20(7-13-23)25(29)31-24-14-10-22(11-15-24)27-26-21-8-4-19(16-28)5-9-21/h4-16,18H,3,17H2,1-2H3/t18-/m0/s1. The molecule has 0 radical (unpaired) electrons. The molecule has 31 heavy (non-hydrogen) atoms. The second kappa shape index (κ2) is 10.8. The lowest BCUT2D eigenvalue weighted by molar-refractivity contribution is 0.0734. The molecule has 0 bridgehead atoms. The quantitative estimate of drug-likeness (QED) is 0.171. The minimum Gasteiger partial charge on any atom is -0.493 e. The van der Waals surface area contributed by atoms with Gasteiger partial charge in [0.25, 0.3) is 0 Å². The summed E-state index contributed by atoms with van der Waals surface area (Å²) in [4.78, 5) is 23.0. The number of ether oxygens (including phenoxy) is 2. The molecule has 6 heteroatoms. The van der Waals surface area contributed by atoms with Gasteiger partial charge >= 0.3 is 5.97 Å². The van der Waals surface area contributed by atoms with Crippen molar-refractivity contribution in [3.05, 3.63) is 83.9 Å². The summed E-state index contributed by atoms with van der Waals surface area (Å²) < 4.78 is 11.1. The number of esters is 1. The molecule has 0 aromatic heterocycles. The zero-order valence-electron chi connectivity index (χ0n) is 17.5. The van der Waals surface area contributed by atoms with Gasteiger partial charge in [0.2, 0.25) is 0 Å². The number of nitrogens with zero attached hydrogens (tertiary/aromatic N) is 2. The fourth-order valence-corrected chi connectivity index (χ4v) is 2.53. The van der Waals surface area contributed by atoms with Gasteiger partial charge in [-0.15, -0.1) is 0 Å². The molecule has 0 amide bonds. The van der Waals surface area contributed by atoms with E-state index >= 15 is 0 Å². The lowest BCUT2D eigenvalue weighted by Gasteiger charge is -2.11. The first-order chi connectivity index (χ1) is 15.1. The van der Waals surface area contributed by atoms with E-state index in [-0.39, 0.29) is 0 Å². The van der Waals surface area contributed by atoms with Gasteiger partial charge in [-0.3, -0.25) is 4.79 Å². The van der Waals surface area contributed by atoms with Gasteiger partial charge in [-0.2, -0.15) is 10.2 Å². The van der Waals surface area contributed by atoms with Crippen molar-refractivity contribution in [3.63, 3.8) is 0 Å². The number of azo groups is 1. The lowest BCUT2D eigenvalue weighted by Crippen LogP contribution is -2.09. The monoisotopic (exact) mass is 416 g/mol. The van der Waals surface area contributed by atoms with Crippen LogP contribution in [-0.4, -0.2) is 18.9 Å². The zero-order valence-corrected chi connectivity index (χ0v) is 17.5. The average Bonchev–Trinajstić information content (AvgIpc) is 2.82. The molecule has 0 N–H and O–H groups in total. The molecule has 0 aliphatic rings. The van der Waals surface area contributed by atoms with Crippen LogP contribution in [0.2, 0.25) is 0 Å². The predicted molar refractivity (Wildman–Crippen MR) is 119 cm³/mol. The normalized spacial score (nSPS) is 11.8. The molecule has 3 rings (SSSR count). The Labute approximate surface area is 181 Å². The molecule has 0 aliphatic carbocycles. The van der Waals surface area contributed by atoms with Crippen LogP contribution >= 0.6 is 0 Å². The minimum absolute atomic E-state index is 0.413. The summed E-state index contributed by atoms with van der Waals surface area (Å²) >= 11 is 0. The molecule has 0 saturated carbocycles. The number of hydrogen-bond donors (Lipinski definition) is 0. The summed E-state index contributed by atoms with van der Waals surface area (Å²) in [6, 6.07) is 20.4. The molecule has 0 spiro atoms. The molecule has 0 saturated heterocycles. The summed E-state index contributed by atoms with van der Waals surface area (Å²) in [6.45, 7) is 4.90. The molecular weight excluding hydrogens is 392 g/mol. The van der Waals surface area contributed by atoms with E-state index in [0.717, 1.165) is 18.5 Å². The number of hydrogen-bond acceptors (Lipinski definition) is 6. The first-order valence-corrected chi connectivity index (χ1v) is 10.1. The van der Waals surface area contributed by atoms with Crippen LogP contribution in [0.4, 0.5) is 11.4 Å². The Morgan fingerprint density at radius 1 is 0.871 bits per heavy atom. The van der Waals surface area contributed by atoms with Crippen LogP contribution in [0.3, 0.4) is 0 Å². The highest BCUT2D eigenvalue weighted by Gasteiger charge is 2.09. The SMILES string of the molecule is CC[C@H](C)COc1ccc(C(=O)Oc2ccc(N=Nc3ccc(C=O)cc3)cc2)cc1. The van der Waals surface area contributed by atoms with Crippen molar-refractivity contribution in [2.45, 2.75) is 20.3 Å². The Kier molecular flexibility index (Phi) is 7.65. The van der Waals surface area contributed by atoms with Crippen LogP contribution in [0, 0.1) is 5.92 Å². The van der Waals surface area contributed by atoms with Crippen LogP contribution in [0.25, 0.3) is 0 Å². The fourth-order valence-electron chi connectivity index (χ4n) is 2.53. The number of carbonyl (C=O) groups is 2. The fraction of sp³-hybridized carbons (Fsp3) is 0.200. The molecule has 3 aromatic carbocycles. The second-order valence-corrected chi connectivity index (χ2v) is 7.14. The average molecular weight is 416 g/mol. The molecular formula is C25H24N2O4. The van der Waals surface area contributed by atoms with Crippen molar-refractivity contribution in [3.8, 4) is 11.5 Å². The third-order valence-electron chi connectivity index (χ3n) is 4.68. The van der Waals surface area contributed by atoms with Gasteiger partial charge in [-0.1, -0.05) is 20.3 Å². The maximum atomic E-state index is 12.4. The zero-order chi connectivity index (χ0) is 22.1. The van der Waals surface area contributed by atoms with E-state index in [1.165, 1.54) is 0 Å². The van der Waals surface area contributed by atoms with Gasteiger partial charge in [0.05, 0.1) is 23.5 Å². The van der Waals surface area contributed by atoms with Crippen LogP contribution < -0.4 is 9.47 Å². The summed E-state index contributed by atoms with van der Waals surface area (Å²) in [5, 5.41) is 8.26. The summed E-state index contributed by atoms with van der Waals surface area (Å²) in [5.74, 6) is 1.18. The van der Waals surface area contributed by atoms with Crippen molar-refractivity contribution < 1.29 is 19.1 Å². The van der Waals surface area contributed by atoms with Gasteiger partial charge in [-0.25, -0.2) is 4.79 Å². The minimum atomic E-state index is -0.446. The van der Waals surface area contributed by atoms with Crippen LogP contribution in [0.1, 0.15) is 41.0 Å². The number of aldehydes is 1. The van der Waals surface area contributed by atoms with Gasteiger partial charge < -0.3 is 9.47 Å². The van der Waals surface area contributed by atoms with E-state index in [9.17, 15) is 9.59 Å². The van der Waals surface area contributed by atoms with Crippen LogP contribution in [-0.2, 0) is 0 Å². The lowest BCUT2D eigenvalue weighted by atomic mass is 10.1. The maximum absolute atomic E-state index is 12.4. The molecule has 0 fully saturated rings. The molecule has 1 atom stereocenters. The van der Waals surface area contributed by atoms with E-state index in [1.807, 2.05) is 0 Å². The predicted octanol–water partition coefficient (Wildman–Crippen LogP) is 6.56. The summed E-state index contributed by atoms with van der Waals surface area (Å²) in [5.41, 5.74) is 2.27. The molecule has 3 aromatic rings. The van der Waals surface area contributed by atoms with Crippen molar-refractivity contribution >= 4 is 23.6 Å². The number of carbonyl (C=O) groups excluding carboxylic acids is 2. The Morgan fingerprint density at radius 3 is 1.97 bits per heavy atom. The van der Waals surface area contributed by atoms with E-state index < -0.39 is 5.97 Å². The maximum Gasteiger partial charge on any atom is 0.343 e. The Morgan fingerprint density at radius 2 is 1.42 bits per heavy atom. The van der Waals surface area contributed by atoms with Crippen LogP contribution in [0.15, 0.2) is 83.0 Å².